The van der Waals surface area contributed by atoms with Gasteiger partial charge in [-0.1, -0.05) is 23.7 Å². The molecule has 4 heterocycles. The summed E-state index contributed by atoms with van der Waals surface area (Å²) in [5.74, 6) is 1.35. The molecule has 180 valence electrons. The molecule has 35 heavy (non-hydrogen) atoms. The molecular formula is C23H24ClN9O2. The van der Waals surface area contributed by atoms with E-state index in [-0.39, 0.29) is 0 Å². The number of anilines is 2. The molecule has 0 saturated carbocycles. The second-order valence-electron chi connectivity index (χ2n) is 8.37. The Bertz CT molecular complexity index is 1340. The molecule has 4 N–H and O–H groups in total. The van der Waals surface area contributed by atoms with Crippen LogP contribution in [0.2, 0.25) is 5.02 Å². The normalized spacial score (nSPS) is 14.3. The van der Waals surface area contributed by atoms with Gasteiger partial charge >= 0.3 is 6.09 Å². The van der Waals surface area contributed by atoms with Gasteiger partial charge in [-0.15, -0.1) is 0 Å². The zero-order valence-electron chi connectivity index (χ0n) is 18.8. The molecule has 5 rings (SSSR count). The van der Waals surface area contributed by atoms with Crippen molar-refractivity contribution in [3.8, 4) is 11.4 Å². The molecule has 0 spiro atoms. The van der Waals surface area contributed by atoms with Crippen LogP contribution in [0.5, 0.6) is 0 Å². The highest BCUT2D eigenvalue weighted by Gasteiger charge is 2.22. The SMILES string of the molecule is O=C(O)N1CCC(CNc2ncc3c(-c4ccnc(NCc5cccc(Cl)c5)n4)n[nH]c3n2)CC1. The van der Waals surface area contributed by atoms with Gasteiger partial charge in [0.25, 0.3) is 0 Å². The standard InChI is InChI=1S/C23H24ClN9O2/c24-16-3-1-2-15(10-16)12-27-21-25-7-4-18(29-21)19-17-13-28-22(30-20(17)32-31-19)26-11-14-5-8-33(9-6-14)23(34)35/h1-4,7,10,13-14H,5-6,8-9,11-12H2,(H,34,35)(H,25,27,29)(H2,26,28,30,31,32). The van der Waals surface area contributed by atoms with Crippen molar-refractivity contribution in [2.75, 3.05) is 30.3 Å². The molecule has 1 amide bonds. The summed E-state index contributed by atoms with van der Waals surface area (Å²) >= 11 is 6.05. The fourth-order valence-corrected chi connectivity index (χ4v) is 4.27. The number of carbonyl (C=O) groups is 1. The largest absolute Gasteiger partial charge is 0.465 e. The summed E-state index contributed by atoms with van der Waals surface area (Å²) in [6, 6.07) is 9.39. The monoisotopic (exact) mass is 493 g/mol. The highest BCUT2D eigenvalue weighted by atomic mass is 35.5. The van der Waals surface area contributed by atoms with Crippen molar-refractivity contribution in [2.45, 2.75) is 19.4 Å². The highest BCUT2D eigenvalue weighted by molar-refractivity contribution is 6.30. The quantitative estimate of drug-likeness (QED) is 0.301. The molecule has 1 aliphatic rings. The Morgan fingerprint density at radius 2 is 1.97 bits per heavy atom. The van der Waals surface area contributed by atoms with E-state index in [1.807, 2.05) is 24.3 Å². The summed E-state index contributed by atoms with van der Waals surface area (Å²) < 4.78 is 0. The number of benzene rings is 1. The van der Waals surface area contributed by atoms with Crippen LogP contribution in [0.4, 0.5) is 16.7 Å². The minimum absolute atomic E-state index is 0.376. The van der Waals surface area contributed by atoms with Crippen LogP contribution < -0.4 is 10.6 Å². The number of hydrogen-bond donors (Lipinski definition) is 4. The fourth-order valence-electron chi connectivity index (χ4n) is 4.06. The van der Waals surface area contributed by atoms with E-state index in [9.17, 15) is 4.79 Å². The maximum absolute atomic E-state index is 11.1. The lowest BCUT2D eigenvalue weighted by Crippen LogP contribution is -2.39. The van der Waals surface area contributed by atoms with Crippen LogP contribution in [-0.4, -0.2) is 65.9 Å². The molecule has 11 nitrogen and oxygen atoms in total. The van der Waals surface area contributed by atoms with E-state index < -0.39 is 6.09 Å². The number of carboxylic acid groups (broad SMARTS) is 1. The lowest BCUT2D eigenvalue weighted by molar-refractivity contribution is 0.126. The van der Waals surface area contributed by atoms with Gasteiger partial charge in [-0.25, -0.2) is 19.7 Å². The first-order chi connectivity index (χ1) is 17.0. The third-order valence-corrected chi connectivity index (χ3v) is 6.22. The first-order valence-corrected chi connectivity index (χ1v) is 11.7. The molecule has 0 radical (unpaired) electrons. The topological polar surface area (TPSA) is 145 Å². The number of amides is 1. The van der Waals surface area contributed by atoms with Crippen LogP contribution >= 0.6 is 11.6 Å². The first kappa shape index (κ1) is 22.8. The van der Waals surface area contributed by atoms with Crippen molar-refractivity contribution in [2.24, 2.45) is 5.92 Å². The van der Waals surface area contributed by atoms with Gasteiger partial charge in [0.05, 0.1) is 11.1 Å². The van der Waals surface area contributed by atoms with Gasteiger partial charge in [-0.3, -0.25) is 5.10 Å². The van der Waals surface area contributed by atoms with E-state index in [1.165, 1.54) is 4.90 Å². The maximum Gasteiger partial charge on any atom is 0.407 e. The van der Waals surface area contributed by atoms with E-state index in [0.717, 1.165) is 23.8 Å². The van der Waals surface area contributed by atoms with E-state index >= 15 is 0 Å². The van der Waals surface area contributed by atoms with Gasteiger partial charge < -0.3 is 20.6 Å². The predicted molar refractivity (Wildman–Crippen MR) is 132 cm³/mol. The highest BCUT2D eigenvalue weighted by Crippen LogP contribution is 2.25. The number of aromatic amines is 1. The number of halogens is 1. The number of likely N-dealkylation sites (tertiary alicyclic amines) is 1. The average molecular weight is 494 g/mol. The Balaban J connectivity index is 1.24. The summed E-state index contributed by atoms with van der Waals surface area (Å²) in [6.45, 7) is 2.34. The van der Waals surface area contributed by atoms with Crippen molar-refractivity contribution >= 4 is 40.6 Å². The second kappa shape index (κ2) is 10.1. The molecular weight excluding hydrogens is 470 g/mol. The summed E-state index contributed by atoms with van der Waals surface area (Å²) in [7, 11) is 0. The van der Waals surface area contributed by atoms with Crippen molar-refractivity contribution < 1.29 is 9.90 Å². The molecule has 1 fully saturated rings. The molecule has 0 atom stereocenters. The summed E-state index contributed by atoms with van der Waals surface area (Å²) in [5.41, 5.74) is 2.91. The molecule has 0 unspecified atom stereocenters. The molecule has 3 aromatic heterocycles. The Labute approximate surface area is 206 Å². The average Bonchev–Trinajstić information content (AvgIpc) is 3.30. The number of fused-ring (bicyclic) bond motifs is 1. The van der Waals surface area contributed by atoms with Gasteiger partial charge in [-0.2, -0.15) is 10.1 Å². The van der Waals surface area contributed by atoms with E-state index in [4.69, 9.17) is 16.7 Å². The van der Waals surface area contributed by atoms with Crippen LogP contribution in [0.1, 0.15) is 18.4 Å². The van der Waals surface area contributed by atoms with Crippen LogP contribution in [-0.2, 0) is 6.54 Å². The van der Waals surface area contributed by atoms with Gasteiger partial charge in [-0.05, 0) is 42.5 Å². The third-order valence-electron chi connectivity index (χ3n) is 5.99. The summed E-state index contributed by atoms with van der Waals surface area (Å²) in [5, 5.41) is 24.3. The van der Waals surface area contributed by atoms with E-state index in [0.29, 0.717) is 66.1 Å². The number of H-pyrrole nitrogens is 1. The Hall–Kier alpha value is -3.99. The fraction of sp³-hybridized carbons (Fsp3) is 0.304. The van der Waals surface area contributed by atoms with Crippen molar-refractivity contribution in [3.63, 3.8) is 0 Å². The third kappa shape index (κ3) is 5.40. The number of nitrogens with zero attached hydrogens (tertiary/aromatic N) is 6. The Morgan fingerprint density at radius 3 is 2.77 bits per heavy atom. The molecule has 4 aromatic rings. The van der Waals surface area contributed by atoms with E-state index in [2.05, 4.69) is 40.8 Å². The van der Waals surface area contributed by atoms with Crippen LogP contribution in [0.3, 0.4) is 0 Å². The maximum atomic E-state index is 11.1. The number of nitrogens with one attached hydrogen (secondary N) is 3. The van der Waals surface area contributed by atoms with Crippen molar-refractivity contribution in [3.05, 3.63) is 53.3 Å². The summed E-state index contributed by atoms with van der Waals surface area (Å²) in [6.07, 6.45) is 4.18. The zero-order chi connectivity index (χ0) is 24.2. The van der Waals surface area contributed by atoms with Gasteiger partial charge in [0.15, 0.2) is 5.65 Å². The molecule has 0 aliphatic carbocycles. The lowest BCUT2D eigenvalue weighted by atomic mass is 9.97. The number of rotatable bonds is 7. The predicted octanol–water partition coefficient (Wildman–Crippen LogP) is 3.88. The van der Waals surface area contributed by atoms with Crippen LogP contribution in [0.15, 0.2) is 42.7 Å². The lowest BCUT2D eigenvalue weighted by Gasteiger charge is -2.29. The summed E-state index contributed by atoms with van der Waals surface area (Å²) in [4.78, 5) is 30.4. The molecule has 1 aromatic carbocycles. The van der Waals surface area contributed by atoms with Gasteiger partial charge in [0.2, 0.25) is 11.9 Å². The zero-order valence-corrected chi connectivity index (χ0v) is 19.5. The number of hydrogen-bond acceptors (Lipinski definition) is 8. The second-order valence-corrected chi connectivity index (χ2v) is 8.81. The van der Waals surface area contributed by atoms with Crippen LogP contribution in [0, 0.1) is 5.92 Å². The number of aromatic nitrogens is 6. The molecule has 0 bridgehead atoms. The van der Waals surface area contributed by atoms with Crippen molar-refractivity contribution in [1.82, 2.24) is 35.0 Å². The molecule has 1 aliphatic heterocycles. The first-order valence-electron chi connectivity index (χ1n) is 11.3. The smallest absolute Gasteiger partial charge is 0.407 e. The van der Waals surface area contributed by atoms with Gasteiger partial charge in [0, 0.05) is 43.6 Å². The van der Waals surface area contributed by atoms with Gasteiger partial charge in [0.1, 0.15) is 5.69 Å². The Kier molecular flexibility index (Phi) is 6.57. The minimum atomic E-state index is -0.854. The number of piperidine rings is 1. The minimum Gasteiger partial charge on any atom is -0.465 e. The molecule has 1 saturated heterocycles. The van der Waals surface area contributed by atoms with E-state index in [1.54, 1.807) is 18.5 Å². The van der Waals surface area contributed by atoms with Crippen LogP contribution in [0.25, 0.3) is 22.4 Å². The Morgan fingerprint density at radius 1 is 1.14 bits per heavy atom. The molecule has 12 heteroatoms. The van der Waals surface area contributed by atoms with Crippen molar-refractivity contribution in [1.29, 1.82) is 0 Å².